The number of nitrogens with zero attached hydrogens (tertiary/aromatic N) is 1. The van der Waals surface area contributed by atoms with Crippen LogP contribution in [-0.4, -0.2) is 57.0 Å². The van der Waals surface area contributed by atoms with Gasteiger partial charge < -0.3 is 15.4 Å². The van der Waals surface area contributed by atoms with Crippen LogP contribution in [0.3, 0.4) is 0 Å². The number of hydrogen-bond acceptors (Lipinski definition) is 5. The lowest BCUT2D eigenvalue weighted by Gasteiger charge is -2.24. The van der Waals surface area contributed by atoms with Gasteiger partial charge in [0, 0.05) is 24.7 Å². The van der Waals surface area contributed by atoms with E-state index in [4.69, 9.17) is 27.9 Å². The Morgan fingerprint density at radius 1 is 1.03 bits per heavy atom. The molecule has 1 amide bonds. The summed E-state index contributed by atoms with van der Waals surface area (Å²) >= 11 is 11.9. The SMILES string of the molecule is O=C(NC1CCN(S(=O)(=O)c2ccc(OC3CCNCC3)cc2)C1)c1ccc(Cl)c(Cl)c1. The van der Waals surface area contributed by atoms with E-state index in [0.29, 0.717) is 34.3 Å². The summed E-state index contributed by atoms with van der Waals surface area (Å²) in [6.07, 6.45) is 2.55. The fraction of sp³-hybridized carbons (Fsp3) is 0.409. The average Bonchev–Trinajstić information content (AvgIpc) is 3.26. The molecule has 10 heteroatoms. The van der Waals surface area contributed by atoms with Crippen LogP contribution in [0.2, 0.25) is 10.0 Å². The lowest BCUT2D eigenvalue weighted by Crippen LogP contribution is -2.38. The van der Waals surface area contributed by atoms with Gasteiger partial charge in [0.2, 0.25) is 10.0 Å². The second-order valence-electron chi connectivity index (χ2n) is 7.99. The van der Waals surface area contributed by atoms with Gasteiger partial charge in [-0.05, 0) is 74.8 Å². The summed E-state index contributed by atoms with van der Waals surface area (Å²) in [5.41, 5.74) is 0.380. The molecule has 0 aromatic heterocycles. The van der Waals surface area contributed by atoms with Gasteiger partial charge in [-0.2, -0.15) is 4.31 Å². The number of rotatable bonds is 6. The van der Waals surface area contributed by atoms with Crippen LogP contribution < -0.4 is 15.4 Å². The summed E-state index contributed by atoms with van der Waals surface area (Å²) in [6.45, 7) is 2.40. The van der Waals surface area contributed by atoms with Crippen molar-refractivity contribution in [1.82, 2.24) is 14.9 Å². The number of carbonyl (C=O) groups excluding carboxylic acids is 1. The van der Waals surface area contributed by atoms with E-state index in [2.05, 4.69) is 10.6 Å². The van der Waals surface area contributed by atoms with Crippen molar-refractivity contribution < 1.29 is 17.9 Å². The molecule has 2 N–H and O–H groups in total. The Balaban J connectivity index is 1.36. The molecule has 172 valence electrons. The topological polar surface area (TPSA) is 87.7 Å². The zero-order valence-corrected chi connectivity index (χ0v) is 19.7. The number of ether oxygens (including phenoxy) is 1. The molecule has 2 aromatic rings. The van der Waals surface area contributed by atoms with Gasteiger partial charge in [0.25, 0.3) is 5.91 Å². The molecule has 2 aliphatic heterocycles. The number of sulfonamides is 1. The summed E-state index contributed by atoms with van der Waals surface area (Å²) in [6, 6.07) is 10.9. The highest BCUT2D eigenvalue weighted by atomic mass is 35.5. The lowest BCUT2D eigenvalue weighted by molar-refractivity contribution is 0.0939. The van der Waals surface area contributed by atoms with Crippen LogP contribution in [0.1, 0.15) is 29.6 Å². The van der Waals surface area contributed by atoms with Crippen molar-refractivity contribution in [3.8, 4) is 5.75 Å². The number of nitrogens with one attached hydrogen (secondary N) is 2. The Labute approximate surface area is 198 Å². The Morgan fingerprint density at radius 2 is 1.75 bits per heavy atom. The third kappa shape index (κ3) is 5.38. The van der Waals surface area contributed by atoms with Crippen LogP contribution >= 0.6 is 23.2 Å². The Hall–Kier alpha value is -1.84. The maximum atomic E-state index is 13.1. The number of benzene rings is 2. The number of hydrogen-bond donors (Lipinski definition) is 2. The molecule has 2 fully saturated rings. The van der Waals surface area contributed by atoms with Gasteiger partial charge in [-0.25, -0.2) is 8.42 Å². The maximum Gasteiger partial charge on any atom is 0.251 e. The summed E-state index contributed by atoms with van der Waals surface area (Å²) < 4.78 is 33.5. The van der Waals surface area contributed by atoms with Crippen LogP contribution in [-0.2, 0) is 10.0 Å². The van der Waals surface area contributed by atoms with Gasteiger partial charge in [-0.15, -0.1) is 0 Å². The minimum atomic E-state index is -3.66. The highest BCUT2D eigenvalue weighted by Crippen LogP contribution is 2.25. The summed E-state index contributed by atoms with van der Waals surface area (Å²) in [4.78, 5) is 12.7. The molecule has 2 aliphatic rings. The largest absolute Gasteiger partial charge is 0.490 e. The normalized spacial score (nSPS) is 20.2. The van der Waals surface area contributed by atoms with Crippen molar-refractivity contribution in [1.29, 1.82) is 0 Å². The average molecular weight is 498 g/mol. The van der Waals surface area contributed by atoms with Crippen LogP contribution in [0, 0.1) is 0 Å². The van der Waals surface area contributed by atoms with Crippen molar-refractivity contribution in [3.05, 3.63) is 58.1 Å². The third-order valence-corrected chi connectivity index (χ3v) is 8.34. The Bertz CT molecular complexity index is 1070. The Kier molecular flexibility index (Phi) is 7.27. The van der Waals surface area contributed by atoms with Crippen molar-refractivity contribution in [2.45, 2.75) is 36.3 Å². The van der Waals surface area contributed by atoms with E-state index < -0.39 is 10.0 Å². The van der Waals surface area contributed by atoms with Crippen molar-refractivity contribution >= 4 is 39.1 Å². The predicted molar refractivity (Wildman–Crippen MR) is 124 cm³/mol. The monoisotopic (exact) mass is 497 g/mol. The standard InChI is InChI=1S/C22H25Cl2N3O4S/c23-20-6-1-15(13-21(20)24)22(28)26-16-9-12-27(14-16)32(29,30)19-4-2-17(3-5-19)31-18-7-10-25-11-8-18/h1-6,13,16,18,25H,7-12,14H2,(H,26,28). The van der Waals surface area contributed by atoms with Crippen molar-refractivity contribution in [3.63, 3.8) is 0 Å². The number of piperidine rings is 1. The first-order valence-electron chi connectivity index (χ1n) is 10.6. The summed E-state index contributed by atoms with van der Waals surface area (Å²) in [5.74, 6) is 0.358. The summed E-state index contributed by atoms with van der Waals surface area (Å²) in [5, 5.41) is 6.83. The van der Waals surface area contributed by atoms with Gasteiger partial charge in [0.15, 0.2) is 0 Å². The third-order valence-electron chi connectivity index (χ3n) is 5.72. The Morgan fingerprint density at radius 3 is 2.44 bits per heavy atom. The number of amides is 1. The van der Waals surface area contributed by atoms with Crippen LogP contribution in [0.25, 0.3) is 0 Å². The van der Waals surface area contributed by atoms with Gasteiger partial charge in [-0.1, -0.05) is 23.2 Å². The second kappa shape index (κ2) is 9.97. The molecule has 1 atom stereocenters. The quantitative estimate of drug-likeness (QED) is 0.638. The molecular weight excluding hydrogens is 473 g/mol. The smallest absolute Gasteiger partial charge is 0.251 e. The molecule has 7 nitrogen and oxygen atoms in total. The minimum absolute atomic E-state index is 0.150. The number of halogens is 2. The van der Waals surface area contributed by atoms with E-state index in [1.807, 2.05) is 0 Å². The molecule has 2 saturated heterocycles. The van der Waals surface area contributed by atoms with Gasteiger partial charge >= 0.3 is 0 Å². The highest BCUT2D eigenvalue weighted by molar-refractivity contribution is 7.89. The van der Waals surface area contributed by atoms with Gasteiger partial charge in [-0.3, -0.25) is 4.79 Å². The number of carbonyl (C=O) groups is 1. The summed E-state index contributed by atoms with van der Waals surface area (Å²) in [7, 11) is -3.66. The molecule has 32 heavy (non-hydrogen) atoms. The van der Waals surface area contributed by atoms with Crippen LogP contribution in [0.15, 0.2) is 47.4 Å². The molecule has 4 rings (SSSR count). The maximum absolute atomic E-state index is 13.1. The first-order valence-corrected chi connectivity index (χ1v) is 12.8. The van der Waals surface area contributed by atoms with Gasteiger partial charge in [0.1, 0.15) is 11.9 Å². The zero-order valence-electron chi connectivity index (χ0n) is 17.4. The van der Waals surface area contributed by atoms with Crippen LogP contribution in [0.4, 0.5) is 0 Å². The van der Waals surface area contributed by atoms with E-state index in [-0.39, 0.29) is 29.5 Å². The molecule has 0 radical (unpaired) electrons. The lowest BCUT2D eigenvalue weighted by atomic mass is 10.1. The van der Waals surface area contributed by atoms with E-state index >= 15 is 0 Å². The zero-order chi connectivity index (χ0) is 22.7. The van der Waals surface area contributed by atoms with Gasteiger partial charge in [0.05, 0.1) is 14.9 Å². The first kappa shape index (κ1) is 23.3. The minimum Gasteiger partial charge on any atom is -0.490 e. The highest BCUT2D eigenvalue weighted by Gasteiger charge is 2.33. The van der Waals surface area contributed by atoms with E-state index in [9.17, 15) is 13.2 Å². The molecular formula is C22H25Cl2N3O4S. The van der Waals surface area contributed by atoms with E-state index in [1.165, 1.54) is 10.4 Å². The predicted octanol–water partition coefficient (Wildman–Crippen LogP) is 3.32. The van der Waals surface area contributed by atoms with E-state index in [0.717, 1.165) is 25.9 Å². The van der Waals surface area contributed by atoms with Crippen LogP contribution in [0.5, 0.6) is 5.75 Å². The molecule has 1 unspecified atom stereocenters. The molecule has 0 bridgehead atoms. The molecule has 0 spiro atoms. The molecule has 2 aromatic carbocycles. The molecule has 0 saturated carbocycles. The van der Waals surface area contributed by atoms with Crippen molar-refractivity contribution in [2.24, 2.45) is 0 Å². The van der Waals surface area contributed by atoms with Crippen molar-refractivity contribution in [2.75, 3.05) is 26.2 Å². The first-order chi connectivity index (χ1) is 15.3. The molecule has 2 heterocycles. The molecule has 0 aliphatic carbocycles. The van der Waals surface area contributed by atoms with E-state index in [1.54, 1.807) is 36.4 Å². The fourth-order valence-corrected chi connectivity index (χ4v) is 5.71. The fourth-order valence-electron chi connectivity index (χ4n) is 3.92. The second-order valence-corrected chi connectivity index (χ2v) is 10.7.